The summed E-state index contributed by atoms with van der Waals surface area (Å²) >= 11 is 0. The molecule has 5 rings (SSSR count). The number of piperidine rings is 1. The van der Waals surface area contributed by atoms with Crippen molar-refractivity contribution in [2.24, 2.45) is 5.41 Å². The molecular weight excluding hydrogens is 510 g/mol. The van der Waals surface area contributed by atoms with Crippen molar-refractivity contribution < 1.29 is 28.6 Å². The van der Waals surface area contributed by atoms with Crippen LogP contribution in [0.25, 0.3) is 10.9 Å². The second kappa shape index (κ2) is 12.1. The summed E-state index contributed by atoms with van der Waals surface area (Å²) in [6, 6.07) is 15.6. The molecule has 3 aromatic rings. The average Bonchev–Trinajstić information content (AvgIpc) is 3.48. The smallest absolute Gasteiger partial charge is 0.354 e. The fraction of sp³-hybridized carbons (Fsp3) is 0.452. The molecular formula is C31H37N3O6. The van der Waals surface area contributed by atoms with Gasteiger partial charge in [-0.05, 0) is 50.0 Å². The van der Waals surface area contributed by atoms with Gasteiger partial charge in [-0.2, -0.15) is 0 Å². The summed E-state index contributed by atoms with van der Waals surface area (Å²) in [4.78, 5) is 45.4. The summed E-state index contributed by atoms with van der Waals surface area (Å²) in [5.74, 6) is 0.339. The first-order valence-electron chi connectivity index (χ1n) is 14.0. The van der Waals surface area contributed by atoms with Crippen LogP contribution in [0, 0.1) is 5.41 Å². The number of amides is 2. The Morgan fingerprint density at radius 3 is 2.52 bits per heavy atom. The summed E-state index contributed by atoms with van der Waals surface area (Å²) < 4.78 is 16.8. The number of nitrogens with one attached hydrogen (secondary N) is 1. The number of ether oxygens (including phenoxy) is 3. The third-order valence-corrected chi connectivity index (χ3v) is 7.98. The number of benzene rings is 2. The van der Waals surface area contributed by atoms with E-state index < -0.39 is 11.4 Å². The molecule has 9 heteroatoms. The first kappa shape index (κ1) is 27.7. The van der Waals surface area contributed by atoms with E-state index in [0.29, 0.717) is 36.6 Å². The molecule has 2 aliphatic heterocycles. The predicted molar refractivity (Wildman–Crippen MR) is 150 cm³/mol. The molecule has 2 fully saturated rings. The molecule has 2 aromatic carbocycles. The maximum absolute atomic E-state index is 13.4. The number of rotatable bonds is 11. The number of hydrogen-bond acceptors (Lipinski definition) is 7. The van der Waals surface area contributed by atoms with Gasteiger partial charge in [0.1, 0.15) is 12.3 Å². The molecule has 40 heavy (non-hydrogen) atoms. The van der Waals surface area contributed by atoms with Crippen molar-refractivity contribution in [3.63, 3.8) is 0 Å². The van der Waals surface area contributed by atoms with Crippen molar-refractivity contribution in [1.29, 1.82) is 0 Å². The number of likely N-dealkylation sites (tertiary alicyclic amines) is 2. The van der Waals surface area contributed by atoms with Gasteiger partial charge in [-0.1, -0.05) is 43.7 Å². The second-order valence-electron chi connectivity index (χ2n) is 10.7. The Kier molecular flexibility index (Phi) is 8.40. The highest BCUT2D eigenvalue weighted by Crippen LogP contribution is 2.42. The summed E-state index contributed by atoms with van der Waals surface area (Å²) in [5.41, 5.74) is 1.73. The molecule has 1 spiro atoms. The number of aromatic amines is 1. The zero-order valence-corrected chi connectivity index (χ0v) is 23.2. The van der Waals surface area contributed by atoms with Gasteiger partial charge in [0.25, 0.3) is 0 Å². The fourth-order valence-electron chi connectivity index (χ4n) is 5.61. The Labute approximate surface area is 234 Å². The number of hydrogen-bond donors (Lipinski definition) is 1. The van der Waals surface area contributed by atoms with Crippen molar-refractivity contribution in [3.05, 3.63) is 59.8 Å². The van der Waals surface area contributed by atoms with Crippen LogP contribution >= 0.6 is 0 Å². The molecule has 0 aliphatic carbocycles. The van der Waals surface area contributed by atoms with Crippen LogP contribution in [0.2, 0.25) is 0 Å². The summed E-state index contributed by atoms with van der Waals surface area (Å²) in [7, 11) is 1.54. The Bertz CT molecular complexity index is 1360. The third kappa shape index (κ3) is 5.84. The highest BCUT2D eigenvalue weighted by molar-refractivity contribution is 6.06. The van der Waals surface area contributed by atoms with Gasteiger partial charge < -0.3 is 19.2 Å². The van der Waals surface area contributed by atoms with Crippen LogP contribution in [0.5, 0.6) is 11.5 Å². The van der Waals surface area contributed by atoms with E-state index in [-0.39, 0.29) is 31.4 Å². The molecule has 0 saturated carbocycles. The Morgan fingerprint density at radius 1 is 1.02 bits per heavy atom. The van der Waals surface area contributed by atoms with Gasteiger partial charge in [0.15, 0.2) is 11.5 Å². The highest BCUT2D eigenvalue weighted by Gasteiger charge is 2.52. The van der Waals surface area contributed by atoms with E-state index in [1.54, 1.807) is 25.3 Å². The van der Waals surface area contributed by atoms with Gasteiger partial charge >= 0.3 is 5.97 Å². The minimum Gasteiger partial charge on any atom is -0.493 e. The highest BCUT2D eigenvalue weighted by atomic mass is 16.5. The maximum Gasteiger partial charge on any atom is 0.354 e. The molecule has 2 amide bonds. The van der Waals surface area contributed by atoms with Crippen LogP contribution in [-0.2, 0) is 20.9 Å². The molecule has 0 atom stereocenters. The number of carbonyl (C=O) groups excluding carboxylic acids is 3. The first-order chi connectivity index (χ1) is 19.4. The van der Waals surface area contributed by atoms with E-state index >= 15 is 0 Å². The molecule has 212 valence electrons. The number of aromatic nitrogens is 1. The van der Waals surface area contributed by atoms with Gasteiger partial charge in [-0.25, -0.2) is 4.79 Å². The number of methoxy groups -OCH3 is 1. The Balaban J connectivity index is 1.18. The van der Waals surface area contributed by atoms with Crippen LogP contribution in [0.4, 0.5) is 0 Å². The van der Waals surface area contributed by atoms with Gasteiger partial charge in [0.2, 0.25) is 11.8 Å². The number of fused-ring (bicyclic) bond motifs is 1. The molecule has 3 heterocycles. The summed E-state index contributed by atoms with van der Waals surface area (Å²) in [5, 5.41) is 0.771. The minimum absolute atomic E-state index is 0.0836. The number of nitrogens with zero attached hydrogens (tertiary/aromatic N) is 2. The van der Waals surface area contributed by atoms with Crippen molar-refractivity contribution in [3.8, 4) is 11.5 Å². The fourth-order valence-corrected chi connectivity index (χ4v) is 5.61. The molecule has 1 N–H and O–H groups in total. The molecule has 2 aliphatic rings. The van der Waals surface area contributed by atoms with Gasteiger partial charge in [-0.3, -0.25) is 19.4 Å². The van der Waals surface area contributed by atoms with Crippen LogP contribution < -0.4 is 9.47 Å². The minimum atomic E-state index is -0.603. The van der Waals surface area contributed by atoms with Crippen molar-refractivity contribution >= 4 is 28.7 Å². The van der Waals surface area contributed by atoms with E-state index in [2.05, 4.69) is 22.0 Å². The van der Waals surface area contributed by atoms with Crippen LogP contribution in [0.3, 0.4) is 0 Å². The standard InChI is InChI=1S/C31H37N3O6/c1-3-4-15-40-29(36)25-17-23-18-27(26(38-2)19-24(23)32-25)39-16-14-34-28(35)20-31(30(34)37)10-12-33(13-11-31)21-22-8-6-5-7-9-22/h5-9,17-19,32H,3-4,10-16,20-21H2,1-2H3. The lowest BCUT2D eigenvalue weighted by atomic mass is 9.77. The van der Waals surface area contributed by atoms with Gasteiger partial charge in [-0.15, -0.1) is 0 Å². The Hall–Kier alpha value is -3.85. The largest absolute Gasteiger partial charge is 0.493 e. The number of unbranched alkanes of at least 4 members (excludes halogenated alkanes) is 1. The third-order valence-electron chi connectivity index (χ3n) is 7.98. The van der Waals surface area contributed by atoms with E-state index in [1.807, 2.05) is 25.1 Å². The average molecular weight is 548 g/mol. The SMILES string of the molecule is CCCCOC(=O)c1cc2cc(OCCN3C(=O)CC4(CCN(Cc5ccccc5)CC4)C3=O)c(OC)cc2[nH]1. The van der Waals surface area contributed by atoms with Crippen molar-refractivity contribution in [2.45, 2.75) is 45.6 Å². The van der Waals surface area contributed by atoms with E-state index in [1.165, 1.54) is 10.5 Å². The molecule has 0 radical (unpaired) electrons. The zero-order valence-electron chi connectivity index (χ0n) is 23.2. The van der Waals surface area contributed by atoms with Crippen LogP contribution in [0.1, 0.15) is 55.1 Å². The van der Waals surface area contributed by atoms with Gasteiger partial charge in [0, 0.05) is 24.4 Å². The van der Waals surface area contributed by atoms with E-state index in [9.17, 15) is 14.4 Å². The second-order valence-corrected chi connectivity index (χ2v) is 10.7. The lowest BCUT2D eigenvalue weighted by Gasteiger charge is -2.37. The number of H-pyrrole nitrogens is 1. The summed E-state index contributed by atoms with van der Waals surface area (Å²) in [6.45, 7) is 5.17. The summed E-state index contributed by atoms with van der Waals surface area (Å²) in [6.07, 6.45) is 3.39. The maximum atomic E-state index is 13.4. The normalized spacial score (nSPS) is 17.1. The van der Waals surface area contributed by atoms with Crippen LogP contribution in [0.15, 0.2) is 48.5 Å². The molecule has 2 saturated heterocycles. The monoisotopic (exact) mass is 547 g/mol. The number of carbonyl (C=O) groups is 3. The predicted octanol–water partition coefficient (Wildman–Crippen LogP) is 4.55. The number of esters is 1. The number of imide groups is 1. The quantitative estimate of drug-likeness (QED) is 0.213. The zero-order chi connectivity index (χ0) is 28.1. The van der Waals surface area contributed by atoms with E-state index in [4.69, 9.17) is 14.2 Å². The lowest BCUT2D eigenvalue weighted by Crippen LogP contribution is -2.45. The van der Waals surface area contributed by atoms with E-state index in [0.717, 1.165) is 43.4 Å². The molecule has 1 aromatic heterocycles. The van der Waals surface area contributed by atoms with Crippen molar-refractivity contribution in [2.75, 3.05) is 40.0 Å². The lowest BCUT2D eigenvalue weighted by molar-refractivity contribution is -0.143. The first-order valence-corrected chi connectivity index (χ1v) is 14.0. The van der Waals surface area contributed by atoms with Gasteiger partial charge in [0.05, 0.1) is 31.2 Å². The van der Waals surface area contributed by atoms with Crippen molar-refractivity contribution in [1.82, 2.24) is 14.8 Å². The van der Waals surface area contributed by atoms with Crippen LogP contribution in [-0.4, -0.2) is 72.5 Å². The topological polar surface area (TPSA) is 101 Å². The molecule has 0 unspecified atom stereocenters. The molecule has 9 nitrogen and oxygen atoms in total. The Morgan fingerprint density at radius 2 is 1.80 bits per heavy atom. The molecule has 0 bridgehead atoms.